The normalized spacial score (nSPS) is 18.2. The van der Waals surface area contributed by atoms with Crippen LogP contribution < -0.4 is 4.74 Å². The van der Waals surface area contributed by atoms with E-state index in [1.807, 2.05) is 17.7 Å². The third kappa shape index (κ3) is 5.80. The van der Waals surface area contributed by atoms with Gasteiger partial charge in [0.25, 0.3) is 5.92 Å². The van der Waals surface area contributed by atoms with E-state index in [0.29, 0.717) is 66.2 Å². The molecule has 1 atom stereocenters. The lowest BCUT2D eigenvalue weighted by molar-refractivity contribution is -0.129. The topological polar surface area (TPSA) is 72.7 Å². The highest BCUT2D eigenvalue weighted by Gasteiger charge is 2.40. The van der Waals surface area contributed by atoms with E-state index < -0.39 is 17.6 Å². The lowest BCUT2D eigenvalue weighted by Crippen LogP contribution is -2.40. The van der Waals surface area contributed by atoms with Crippen molar-refractivity contribution in [1.29, 1.82) is 0 Å². The van der Waals surface area contributed by atoms with Crippen molar-refractivity contribution in [3.05, 3.63) is 88.6 Å². The van der Waals surface area contributed by atoms with Gasteiger partial charge in [-0.05, 0) is 68.1 Å². The number of amides is 1. The van der Waals surface area contributed by atoms with Crippen LogP contribution in [0.2, 0.25) is 0 Å². The SMILES string of the molecule is C=CC(=O)N1CCn2nc(-c3nc(-c4ccc5c(c4)CN(C)CC5(F)F)c4c(c3-c3c(F)cc(F)cc3OCCOC)CCC4)cc2C1C. The fraction of sp³-hybridized carbons (Fsp3) is 0.378. The van der Waals surface area contributed by atoms with Crippen LogP contribution in [0.1, 0.15) is 47.3 Å². The van der Waals surface area contributed by atoms with Gasteiger partial charge in [-0.25, -0.2) is 13.8 Å². The smallest absolute Gasteiger partial charge is 0.285 e. The van der Waals surface area contributed by atoms with E-state index in [1.54, 1.807) is 29.0 Å². The molecule has 256 valence electrons. The largest absolute Gasteiger partial charge is 0.490 e. The maximum atomic E-state index is 16.1. The zero-order valence-corrected chi connectivity index (χ0v) is 27.7. The number of aromatic nitrogens is 3. The molecule has 1 aliphatic carbocycles. The van der Waals surface area contributed by atoms with Gasteiger partial charge < -0.3 is 14.4 Å². The fourth-order valence-corrected chi connectivity index (χ4v) is 7.53. The molecule has 3 aliphatic rings. The van der Waals surface area contributed by atoms with Crippen LogP contribution in [-0.4, -0.2) is 70.9 Å². The molecule has 0 radical (unpaired) electrons. The molecule has 0 spiro atoms. The van der Waals surface area contributed by atoms with Crippen molar-refractivity contribution in [2.45, 2.75) is 51.2 Å². The van der Waals surface area contributed by atoms with E-state index >= 15 is 13.2 Å². The molecule has 0 saturated heterocycles. The zero-order chi connectivity index (χ0) is 34.6. The second kappa shape index (κ2) is 12.7. The number of rotatable bonds is 8. The first-order valence-corrected chi connectivity index (χ1v) is 16.4. The minimum absolute atomic E-state index is 0.00320. The summed E-state index contributed by atoms with van der Waals surface area (Å²) in [6.07, 6.45) is 3.25. The summed E-state index contributed by atoms with van der Waals surface area (Å²) in [6.45, 7) is 6.66. The first kappa shape index (κ1) is 33.0. The van der Waals surface area contributed by atoms with Crippen LogP contribution in [0.3, 0.4) is 0 Å². The fourth-order valence-electron chi connectivity index (χ4n) is 7.53. The number of likely N-dealkylation sites (N-methyl/N-ethyl adjacent to an activating group) is 1. The van der Waals surface area contributed by atoms with Crippen molar-refractivity contribution < 1.29 is 31.8 Å². The van der Waals surface area contributed by atoms with Crippen molar-refractivity contribution in [3.63, 3.8) is 0 Å². The molecule has 8 nitrogen and oxygen atoms in total. The number of ether oxygens (including phenoxy) is 2. The van der Waals surface area contributed by atoms with Gasteiger partial charge in [0.05, 0.1) is 48.4 Å². The molecule has 49 heavy (non-hydrogen) atoms. The third-order valence-electron chi connectivity index (χ3n) is 9.72. The van der Waals surface area contributed by atoms with E-state index in [1.165, 1.54) is 19.3 Å². The lowest BCUT2D eigenvalue weighted by atomic mass is 9.89. The molecule has 12 heteroatoms. The molecule has 0 fully saturated rings. The molecule has 1 amide bonds. The third-order valence-corrected chi connectivity index (χ3v) is 9.72. The molecule has 2 aromatic carbocycles. The summed E-state index contributed by atoms with van der Waals surface area (Å²) in [4.78, 5) is 21.1. The van der Waals surface area contributed by atoms with Gasteiger partial charge in [0.15, 0.2) is 0 Å². The predicted molar refractivity (Wildman–Crippen MR) is 176 cm³/mol. The second-order valence-electron chi connectivity index (χ2n) is 12.9. The highest BCUT2D eigenvalue weighted by atomic mass is 19.3. The van der Waals surface area contributed by atoms with Crippen LogP contribution in [0.15, 0.2) is 49.1 Å². The highest BCUT2D eigenvalue weighted by Crippen LogP contribution is 2.48. The molecule has 4 aromatic rings. The van der Waals surface area contributed by atoms with Crippen LogP contribution in [0.4, 0.5) is 17.6 Å². The predicted octanol–water partition coefficient (Wildman–Crippen LogP) is 6.70. The number of hydrogen-bond donors (Lipinski definition) is 0. The van der Waals surface area contributed by atoms with Crippen molar-refractivity contribution in [2.24, 2.45) is 0 Å². The highest BCUT2D eigenvalue weighted by molar-refractivity contribution is 5.90. The first-order valence-electron chi connectivity index (χ1n) is 16.4. The first-order chi connectivity index (χ1) is 23.5. The molecular weight excluding hydrogens is 638 g/mol. The van der Waals surface area contributed by atoms with Crippen molar-refractivity contribution in [2.75, 3.05) is 40.5 Å². The van der Waals surface area contributed by atoms with Gasteiger partial charge in [-0.15, -0.1) is 0 Å². The second-order valence-corrected chi connectivity index (χ2v) is 12.9. The summed E-state index contributed by atoms with van der Waals surface area (Å²) in [5, 5.41) is 4.92. The summed E-state index contributed by atoms with van der Waals surface area (Å²) >= 11 is 0. The Labute approximate surface area is 281 Å². The van der Waals surface area contributed by atoms with E-state index in [9.17, 15) is 9.18 Å². The minimum atomic E-state index is -2.99. The Kier molecular flexibility index (Phi) is 8.56. The Morgan fingerprint density at radius 1 is 1.06 bits per heavy atom. The Bertz CT molecular complexity index is 1980. The molecule has 0 saturated carbocycles. The van der Waals surface area contributed by atoms with E-state index in [-0.39, 0.29) is 48.6 Å². The monoisotopic (exact) mass is 675 g/mol. The minimum Gasteiger partial charge on any atom is -0.490 e. The molecule has 2 aliphatic heterocycles. The maximum absolute atomic E-state index is 16.1. The number of benzene rings is 2. The molecule has 4 heterocycles. The number of alkyl halides is 2. The number of hydrogen-bond acceptors (Lipinski definition) is 6. The average Bonchev–Trinajstić information content (AvgIpc) is 3.72. The maximum Gasteiger partial charge on any atom is 0.285 e. The average molecular weight is 676 g/mol. The van der Waals surface area contributed by atoms with Crippen molar-refractivity contribution in [1.82, 2.24) is 24.6 Å². The van der Waals surface area contributed by atoms with Gasteiger partial charge in [0.2, 0.25) is 5.91 Å². The van der Waals surface area contributed by atoms with Crippen LogP contribution in [-0.2, 0) is 41.4 Å². The number of methoxy groups -OCH3 is 1. The van der Waals surface area contributed by atoms with Gasteiger partial charge in [-0.3, -0.25) is 14.4 Å². The van der Waals surface area contributed by atoms with Gasteiger partial charge in [0.1, 0.15) is 29.7 Å². The van der Waals surface area contributed by atoms with Gasteiger partial charge in [-0.2, -0.15) is 13.9 Å². The standard InChI is InChI=1S/C37H37F4N5O3/c1-5-32(47)45-11-12-46-30(21(45)2)18-29(43-46)36-33(34-28(39)16-24(38)17-31(34)49-14-13-48-4)25-7-6-8-26(25)35(42-36)22-9-10-27-23(15-22)19-44(3)20-37(27,40)41/h5,9-10,15-18,21H,1,6-8,11-14,19-20H2,2-4H3. The van der Waals surface area contributed by atoms with E-state index in [4.69, 9.17) is 19.6 Å². The van der Waals surface area contributed by atoms with Crippen LogP contribution in [0.25, 0.3) is 33.8 Å². The van der Waals surface area contributed by atoms with Gasteiger partial charge in [-0.1, -0.05) is 18.7 Å². The summed E-state index contributed by atoms with van der Waals surface area (Å²) in [6, 6.07) is 8.45. The summed E-state index contributed by atoms with van der Waals surface area (Å²) in [7, 11) is 3.18. The molecule has 0 bridgehead atoms. The molecule has 7 rings (SSSR count). The Morgan fingerprint density at radius 3 is 2.63 bits per heavy atom. The number of halogens is 4. The Hall–Kier alpha value is -4.55. The van der Waals surface area contributed by atoms with Crippen LogP contribution in [0, 0.1) is 11.6 Å². The van der Waals surface area contributed by atoms with Gasteiger partial charge >= 0.3 is 0 Å². The number of pyridine rings is 1. The zero-order valence-electron chi connectivity index (χ0n) is 27.7. The summed E-state index contributed by atoms with van der Waals surface area (Å²) < 4.78 is 73.7. The quantitative estimate of drug-likeness (QED) is 0.118. The lowest BCUT2D eigenvalue weighted by Gasteiger charge is -2.33. The van der Waals surface area contributed by atoms with E-state index in [0.717, 1.165) is 35.4 Å². The Balaban J connectivity index is 1.47. The number of nitrogens with zero attached hydrogens (tertiary/aromatic N) is 5. The van der Waals surface area contributed by atoms with Crippen molar-refractivity contribution >= 4 is 5.91 Å². The number of carbonyl (C=O) groups is 1. The number of fused-ring (bicyclic) bond motifs is 3. The molecular formula is C37H37F4N5O3. The molecule has 1 unspecified atom stereocenters. The molecule has 0 N–H and O–H groups in total. The molecule has 2 aromatic heterocycles. The van der Waals surface area contributed by atoms with Crippen molar-refractivity contribution in [3.8, 4) is 39.5 Å². The van der Waals surface area contributed by atoms with E-state index in [2.05, 4.69) is 6.58 Å². The summed E-state index contributed by atoms with van der Waals surface area (Å²) in [5.74, 6) is -4.77. The summed E-state index contributed by atoms with van der Waals surface area (Å²) in [5.41, 5.74) is 5.59. The van der Waals surface area contributed by atoms with Crippen LogP contribution in [0.5, 0.6) is 5.75 Å². The Morgan fingerprint density at radius 2 is 1.86 bits per heavy atom. The van der Waals surface area contributed by atoms with Gasteiger partial charge in [0, 0.05) is 49.0 Å². The van der Waals surface area contributed by atoms with Crippen LogP contribution >= 0.6 is 0 Å². The number of carbonyl (C=O) groups excluding carboxylic acids is 1.